The molecule has 1 atom stereocenters. The summed E-state index contributed by atoms with van der Waals surface area (Å²) in [5.41, 5.74) is 2.46. The molecule has 0 saturated carbocycles. The van der Waals surface area contributed by atoms with Gasteiger partial charge in [-0.15, -0.1) is 0 Å². The van der Waals surface area contributed by atoms with Crippen molar-refractivity contribution in [1.29, 1.82) is 0 Å². The summed E-state index contributed by atoms with van der Waals surface area (Å²) in [4.78, 5) is 30.2. The Morgan fingerprint density at radius 2 is 2.08 bits per heavy atom. The van der Waals surface area contributed by atoms with Crippen molar-refractivity contribution in [3.63, 3.8) is 0 Å². The molecular weight excluding hydrogens is 304 g/mol. The summed E-state index contributed by atoms with van der Waals surface area (Å²) in [6, 6.07) is 9.79. The number of likely N-dealkylation sites (tertiary alicyclic amines) is 1. The summed E-state index contributed by atoms with van der Waals surface area (Å²) in [6.45, 7) is 1.43. The van der Waals surface area contributed by atoms with Gasteiger partial charge in [-0.2, -0.15) is 0 Å². The highest BCUT2D eigenvalue weighted by molar-refractivity contribution is 5.89. The number of hydrogen-bond donors (Lipinski definition) is 2. The number of hydrogen-bond acceptors (Lipinski definition) is 5. The van der Waals surface area contributed by atoms with Crippen LogP contribution in [0.15, 0.2) is 43.0 Å². The van der Waals surface area contributed by atoms with Crippen LogP contribution in [0.5, 0.6) is 0 Å². The zero-order valence-electron chi connectivity index (χ0n) is 13.1. The van der Waals surface area contributed by atoms with Crippen LogP contribution in [0.3, 0.4) is 0 Å². The predicted molar refractivity (Wildman–Crippen MR) is 90.2 cm³/mol. The highest BCUT2D eigenvalue weighted by atomic mass is 16.2. The number of aromatic nitrogens is 4. The van der Waals surface area contributed by atoms with Crippen LogP contribution in [0, 0.1) is 0 Å². The van der Waals surface area contributed by atoms with E-state index < -0.39 is 0 Å². The molecule has 1 amide bonds. The number of imidazole rings is 1. The largest absolute Gasteiger partial charge is 0.356 e. The van der Waals surface area contributed by atoms with Crippen LogP contribution in [-0.4, -0.2) is 43.3 Å². The standard InChI is InChI=1S/C17H18N6O/c24-17-13(22-16-14-15(19-10-18-14)20-11-21-16)7-4-8-23(17)9-12-5-2-1-3-6-12/h1-3,5-6,10-11,13H,4,7-9H2,(H2,18,19,20,21,22). The van der Waals surface area contributed by atoms with Gasteiger partial charge < -0.3 is 15.2 Å². The summed E-state index contributed by atoms with van der Waals surface area (Å²) < 4.78 is 0. The Hall–Kier alpha value is -2.96. The molecule has 0 aliphatic carbocycles. The summed E-state index contributed by atoms with van der Waals surface area (Å²) >= 11 is 0. The molecule has 1 saturated heterocycles. The maximum atomic E-state index is 12.8. The number of piperidine rings is 1. The second-order valence-corrected chi connectivity index (χ2v) is 5.91. The van der Waals surface area contributed by atoms with Gasteiger partial charge in [0.25, 0.3) is 0 Å². The highest BCUT2D eigenvalue weighted by Gasteiger charge is 2.29. The molecule has 1 fully saturated rings. The first kappa shape index (κ1) is 14.6. The minimum atomic E-state index is -0.274. The molecule has 0 radical (unpaired) electrons. The Morgan fingerprint density at radius 1 is 1.21 bits per heavy atom. The molecule has 4 rings (SSSR count). The van der Waals surface area contributed by atoms with Crippen molar-refractivity contribution in [2.24, 2.45) is 0 Å². The monoisotopic (exact) mass is 322 g/mol. The number of anilines is 1. The van der Waals surface area contributed by atoms with E-state index in [1.54, 1.807) is 6.33 Å². The van der Waals surface area contributed by atoms with Crippen LogP contribution in [0.4, 0.5) is 5.82 Å². The Kier molecular flexibility index (Phi) is 3.82. The molecule has 7 nitrogen and oxygen atoms in total. The van der Waals surface area contributed by atoms with Crippen LogP contribution >= 0.6 is 0 Å². The SMILES string of the molecule is O=C1C(Nc2ncnc3nc[nH]c23)CCCN1Cc1ccccc1. The zero-order valence-corrected chi connectivity index (χ0v) is 13.1. The third-order valence-electron chi connectivity index (χ3n) is 4.28. The first-order valence-electron chi connectivity index (χ1n) is 8.04. The molecule has 122 valence electrons. The number of fused-ring (bicyclic) bond motifs is 1. The van der Waals surface area contributed by atoms with E-state index in [1.807, 2.05) is 35.2 Å². The molecule has 24 heavy (non-hydrogen) atoms. The molecule has 1 aliphatic heterocycles. The van der Waals surface area contributed by atoms with Gasteiger partial charge in [-0.3, -0.25) is 4.79 Å². The third kappa shape index (κ3) is 2.80. The average molecular weight is 322 g/mol. The molecule has 2 N–H and O–H groups in total. The molecule has 3 heterocycles. The Bertz CT molecular complexity index is 846. The lowest BCUT2D eigenvalue weighted by Crippen LogP contribution is -2.47. The maximum Gasteiger partial charge on any atom is 0.245 e. The molecule has 1 aliphatic rings. The zero-order chi connectivity index (χ0) is 16.4. The second-order valence-electron chi connectivity index (χ2n) is 5.91. The van der Waals surface area contributed by atoms with Gasteiger partial charge in [0.05, 0.1) is 6.33 Å². The molecule has 0 bridgehead atoms. The topological polar surface area (TPSA) is 86.8 Å². The van der Waals surface area contributed by atoms with E-state index in [9.17, 15) is 4.79 Å². The molecule has 3 aromatic rings. The van der Waals surface area contributed by atoms with Gasteiger partial charge in [0, 0.05) is 13.1 Å². The van der Waals surface area contributed by atoms with Crippen molar-refractivity contribution in [1.82, 2.24) is 24.8 Å². The third-order valence-corrected chi connectivity index (χ3v) is 4.28. The van der Waals surface area contributed by atoms with Crippen LogP contribution in [0.2, 0.25) is 0 Å². The molecule has 1 aromatic carbocycles. The first-order valence-corrected chi connectivity index (χ1v) is 8.04. The lowest BCUT2D eigenvalue weighted by atomic mass is 10.0. The predicted octanol–water partition coefficient (Wildman–Crippen LogP) is 1.96. The molecule has 2 aromatic heterocycles. The fourth-order valence-corrected chi connectivity index (χ4v) is 3.07. The summed E-state index contributed by atoms with van der Waals surface area (Å²) in [6.07, 6.45) is 4.80. The lowest BCUT2D eigenvalue weighted by molar-refractivity contribution is -0.134. The van der Waals surface area contributed by atoms with Crippen molar-refractivity contribution >= 4 is 22.9 Å². The fraction of sp³-hybridized carbons (Fsp3) is 0.294. The van der Waals surface area contributed by atoms with Gasteiger partial charge in [0.2, 0.25) is 5.91 Å². The van der Waals surface area contributed by atoms with E-state index in [-0.39, 0.29) is 11.9 Å². The lowest BCUT2D eigenvalue weighted by Gasteiger charge is -2.33. The Morgan fingerprint density at radius 3 is 2.96 bits per heavy atom. The van der Waals surface area contributed by atoms with Crippen molar-refractivity contribution < 1.29 is 4.79 Å². The normalized spacial score (nSPS) is 18.1. The summed E-state index contributed by atoms with van der Waals surface area (Å²) in [5, 5.41) is 3.26. The van der Waals surface area contributed by atoms with Crippen LogP contribution in [0.1, 0.15) is 18.4 Å². The van der Waals surface area contributed by atoms with Gasteiger partial charge in [0.1, 0.15) is 17.9 Å². The number of H-pyrrole nitrogens is 1. The van der Waals surface area contributed by atoms with Gasteiger partial charge in [0.15, 0.2) is 11.5 Å². The van der Waals surface area contributed by atoms with Crippen molar-refractivity contribution in [3.8, 4) is 0 Å². The van der Waals surface area contributed by atoms with E-state index in [0.717, 1.165) is 30.5 Å². The van der Waals surface area contributed by atoms with Crippen molar-refractivity contribution in [2.45, 2.75) is 25.4 Å². The van der Waals surface area contributed by atoms with E-state index in [2.05, 4.69) is 25.3 Å². The fourth-order valence-electron chi connectivity index (χ4n) is 3.07. The minimum absolute atomic E-state index is 0.108. The number of carbonyl (C=O) groups excluding carboxylic acids is 1. The van der Waals surface area contributed by atoms with Crippen molar-refractivity contribution in [3.05, 3.63) is 48.5 Å². The second kappa shape index (κ2) is 6.27. The maximum absolute atomic E-state index is 12.8. The van der Waals surface area contributed by atoms with Crippen molar-refractivity contribution in [2.75, 3.05) is 11.9 Å². The molecule has 7 heteroatoms. The molecule has 0 spiro atoms. The number of nitrogens with zero attached hydrogens (tertiary/aromatic N) is 4. The van der Waals surface area contributed by atoms with Crippen LogP contribution in [0.25, 0.3) is 11.2 Å². The number of carbonyl (C=O) groups is 1. The van der Waals surface area contributed by atoms with Gasteiger partial charge in [-0.1, -0.05) is 30.3 Å². The first-order chi connectivity index (χ1) is 11.8. The van der Waals surface area contributed by atoms with Gasteiger partial charge in [-0.25, -0.2) is 15.0 Å². The van der Waals surface area contributed by atoms with E-state index >= 15 is 0 Å². The number of benzene rings is 1. The number of amides is 1. The number of nitrogens with one attached hydrogen (secondary N) is 2. The van der Waals surface area contributed by atoms with Gasteiger partial charge >= 0.3 is 0 Å². The van der Waals surface area contributed by atoms with Crippen LogP contribution in [-0.2, 0) is 11.3 Å². The number of aromatic amines is 1. The number of rotatable bonds is 4. The smallest absolute Gasteiger partial charge is 0.245 e. The Labute approximate surface area is 139 Å². The minimum Gasteiger partial charge on any atom is -0.356 e. The van der Waals surface area contributed by atoms with Gasteiger partial charge in [-0.05, 0) is 18.4 Å². The molecule has 1 unspecified atom stereocenters. The Balaban J connectivity index is 1.51. The van der Waals surface area contributed by atoms with E-state index in [1.165, 1.54) is 6.33 Å². The average Bonchev–Trinajstić information content (AvgIpc) is 3.09. The van der Waals surface area contributed by atoms with E-state index in [0.29, 0.717) is 18.0 Å². The molecular formula is C17H18N6O. The van der Waals surface area contributed by atoms with E-state index in [4.69, 9.17) is 0 Å². The van der Waals surface area contributed by atoms with Crippen LogP contribution < -0.4 is 5.32 Å². The summed E-state index contributed by atoms with van der Waals surface area (Å²) in [7, 11) is 0. The quantitative estimate of drug-likeness (QED) is 0.767. The summed E-state index contributed by atoms with van der Waals surface area (Å²) in [5.74, 6) is 0.730. The highest BCUT2D eigenvalue weighted by Crippen LogP contribution is 2.21.